The van der Waals surface area contributed by atoms with Gasteiger partial charge in [-0.05, 0) is 53.0 Å². The minimum Gasteiger partial charge on any atom is -0.479 e. The lowest BCUT2D eigenvalue weighted by Gasteiger charge is -2.27. The molecule has 1 aliphatic heterocycles. The Bertz CT molecular complexity index is 1390. The van der Waals surface area contributed by atoms with E-state index in [0.717, 1.165) is 40.7 Å². The smallest absolute Gasteiger partial charge is 0.407 e. The second-order valence-corrected chi connectivity index (χ2v) is 11.5. The summed E-state index contributed by atoms with van der Waals surface area (Å²) < 4.78 is 5.71. The van der Waals surface area contributed by atoms with Crippen LogP contribution in [0.25, 0.3) is 11.1 Å². The first-order valence-electron chi connectivity index (χ1n) is 14.3. The number of ether oxygens (including phenoxy) is 1. The zero-order valence-electron chi connectivity index (χ0n) is 22.9. The van der Waals surface area contributed by atoms with Crippen molar-refractivity contribution in [3.05, 3.63) is 95.6 Å². The summed E-state index contributed by atoms with van der Waals surface area (Å²) in [7, 11) is 0. The Balaban J connectivity index is 1.05. The van der Waals surface area contributed by atoms with Crippen LogP contribution in [0.3, 0.4) is 0 Å². The van der Waals surface area contributed by atoms with Gasteiger partial charge in [0.25, 0.3) is 0 Å². The van der Waals surface area contributed by atoms with Gasteiger partial charge in [-0.15, -0.1) is 0 Å². The molecule has 0 radical (unpaired) electrons. The largest absolute Gasteiger partial charge is 0.479 e. The predicted octanol–water partition coefficient (Wildman–Crippen LogP) is 4.54. The summed E-state index contributed by atoms with van der Waals surface area (Å²) in [5.74, 6) is -1.27. The Morgan fingerprint density at radius 3 is 2.20 bits per heavy atom. The van der Waals surface area contributed by atoms with Gasteiger partial charge in [-0.3, -0.25) is 9.69 Å². The molecule has 3 N–H and O–H groups in total. The topological polar surface area (TPSA) is 108 Å². The number of likely N-dealkylation sites (tertiary alicyclic amines) is 1. The van der Waals surface area contributed by atoms with Crippen LogP contribution in [-0.2, 0) is 20.9 Å². The number of carbonyl (C=O) groups excluding carboxylic acids is 2. The third kappa shape index (κ3) is 5.84. The number of carboxylic acid groups (broad SMARTS) is 1. The van der Waals surface area contributed by atoms with E-state index in [0.29, 0.717) is 19.5 Å². The number of amides is 2. The van der Waals surface area contributed by atoms with Crippen LogP contribution in [0, 0.1) is 5.92 Å². The molecule has 1 saturated heterocycles. The van der Waals surface area contributed by atoms with Crippen LogP contribution in [0.5, 0.6) is 0 Å². The molecule has 1 saturated carbocycles. The fourth-order valence-electron chi connectivity index (χ4n) is 6.34. The third-order valence-electron chi connectivity index (χ3n) is 8.63. The lowest BCUT2D eigenvalue weighted by Crippen LogP contribution is -2.57. The van der Waals surface area contributed by atoms with Gasteiger partial charge < -0.3 is 20.5 Å². The highest BCUT2D eigenvalue weighted by molar-refractivity contribution is 5.88. The van der Waals surface area contributed by atoms with Gasteiger partial charge in [-0.1, -0.05) is 78.9 Å². The fraction of sp³-hybridized carbons (Fsp3) is 0.364. The summed E-state index contributed by atoms with van der Waals surface area (Å²) in [4.78, 5) is 40.4. The molecule has 8 heteroatoms. The molecule has 2 fully saturated rings. The standard InChI is InChI=1S/C33H35N3O5/c37-30(35-33(31(38)39)16-17-36(21-33)19-22-8-2-1-3-9-22)18-29(23-14-15-23)34-32(40)41-20-28-26-12-6-4-10-24(26)25-11-5-7-13-27(25)28/h1-13,23,28-29H,14-21H2,(H,34,40)(H,35,37)(H,38,39). The molecule has 3 aromatic rings. The lowest BCUT2D eigenvalue weighted by molar-refractivity contribution is -0.147. The lowest BCUT2D eigenvalue weighted by atomic mass is 9.97. The Labute approximate surface area is 239 Å². The van der Waals surface area contributed by atoms with Crippen LogP contribution in [0.15, 0.2) is 78.9 Å². The Kier molecular flexibility index (Phi) is 7.49. The molecular formula is C33H35N3O5. The minimum atomic E-state index is -1.34. The number of rotatable bonds is 10. The van der Waals surface area contributed by atoms with E-state index < -0.39 is 23.6 Å². The number of fused-ring (bicyclic) bond motifs is 3. The summed E-state index contributed by atoms with van der Waals surface area (Å²) in [6.45, 7) is 1.63. The van der Waals surface area contributed by atoms with Gasteiger partial charge >= 0.3 is 12.1 Å². The number of carboxylic acids is 1. The van der Waals surface area contributed by atoms with Crippen molar-refractivity contribution in [1.82, 2.24) is 15.5 Å². The number of nitrogens with one attached hydrogen (secondary N) is 2. The first-order valence-corrected chi connectivity index (χ1v) is 14.3. The zero-order valence-corrected chi connectivity index (χ0v) is 22.9. The van der Waals surface area contributed by atoms with E-state index in [4.69, 9.17) is 4.74 Å². The molecule has 3 aromatic carbocycles. The van der Waals surface area contributed by atoms with E-state index in [1.54, 1.807) is 0 Å². The second-order valence-electron chi connectivity index (χ2n) is 11.5. The van der Waals surface area contributed by atoms with Crippen molar-refractivity contribution in [3.8, 4) is 11.1 Å². The molecule has 2 unspecified atom stereocenters. The highest BCUT2D eigenvalue weighted by Crippen LogP contribution is 2.44. The molecule has 6 rings (SSSR count). The summed E-state index contributed by atoms with van der Waals surface area (Å²) >= 11 is 0. The molecule has 2 amide bonds. The van der Waals surface area contributed by atoms with Crippen molar-refractivity contribution in [2.45, 2.75) is 49.7 Å². The maximum Gasteiger partial charge on any atom is 0.407 e. The number of benzene rings is 3. The molecule has 212 valence electrons. The SMILES string of the molecule is O=C(CC(NC(=O)OCC1c2ccccc2-c2ccccc21)C1CC1)NC1(C(=O)O)CCN(Cc2ccccc2)C1. The zero-order chi connectivity index (χ0) is 28.4. The van der Waals surface area contributed by atoms with E-state index in [2.05, 4.69) is 39.8 Å². The molecule has 8 nitrogen and oxygen atoms in total. The number of aliphatic carboxylic acids is 1. The minimum absolute atomic E-state index is 0.0164. The average molecular weight is 554 g/mol. The highest BCUT2D eigenvalue weighted by Gasteiger charge is 2.46. The van der Waals surface area contributed by atoms with Crippen molar-refractivity contribution in [2.75, 3.05) is 19.7 Å². The van der Waals surface area contributed by atoms with E-state index in [-0.39, 0.29) is 37.3 Å². The molecule has 0 bridgehead atoms. The van der Waals surface area contributed by atoms with Gasteiger partial charge in [0.15, 0.2) is 5.54 Å². The van der Waals surface area contributed by atoms with E-state index in [9.17, 15) is 19.5 Å². The second kappa shape index (κ2) is 11.4. The number of nitrogens with zero attached hydrogens (tertiary/aromatic N) is 1. The Morgan fingerprint density at radius 2 is 1.56 bits per heavy atom. The molecule has 41 heavy (non-hydrogen) atoms. The van der Waals surface area contributed by atoms with Gasteiger partial charge in [0.2, 0.25) is 5.91 Å². The molecule has 2 aliphatic carbocycles. The number of alkyl carbamates (subject to hydrolysis) is 1. The van der Waals surface area contributed by atoms with Gasteiger partial charge in [0.1, 0.15) is 6.61 Å². The molecule has 1 heterocycles. The van der Waals surface area contributed by atoms with Crippen molar-refractivity contribution < 1.29 is 24.2 Å². The van der Waals surface area contributed by atoms with Crippen LogP contribution in [0.1, 0.15) is 48.3 Å². The van der Waals surface area contributed by atoms with Crippen LogP contribution in [-0.4, -0.2) is 59.3 Å². The number of hydrogen-bond acceptors (Lipinski definition) is 5. The Morgan fingerprint density at radius 1 is 0.927 bits per heavy atom. The highest BCUT2D eigenvalue weighted by atomic mass is 16.5. The van der Waals surface area contributed by atoms with E-state index >= 15 is 0 Å². The van der Waals surface area contributed by atoms with Crippen LogP contribution < -0.4 is 10.6 Å². The molecule has 0 spiro atoms. The van der Waals surface area contributed by atoms with Gasteiger partial charge in [0.05, 0.1) is 0 Å². The van der Waals surface area contributed by atoms with Gasteiger partial charge in [-0.2, -0.15) is 0 Å². The first kappa shape index (κ1) is 27.0. The molecule has 2 atom stereocenters. The first-order chi connectivity index (χ1) is 19.9. The Hall–Kier alpha value is -4.17. The normalized spacial score (nSPS) is 20.6. The summed E-state index contributed by atoms with van der Waals surface area (Å²) in [6.07, 6.45) is 1.61. The maximum atomic E-state index is 13.2. The summed E-state index contributed by atoms with van der Waals surface area (Å²) in [5.41, 5.74) is 4.34. The van der Waals surface area contributed by atoms with Crippen molar-refractivity contribution in [2.24, 2.45) is 5.92 Å². The van der Waals surface area contributed by atoms with E-state index in [1.165, 1.54) is 0 Å². The van der Waals surface area contributed by atoms with Gasteiger partial charge in [-0.25, -0.2) is 9.59 Å². The third-order valence-corrected chi connectivity index (χ3v) is 8.63. The van der Waals surface area contributed by atoms with Crippen molar-refractivity contribution >= 4 is 18.0 Å². The molecular weight excluding hydrogens is 518 g/mol. The number of carbonyl (C=O) groups is 3. The molecule has 3 aliphatic rings. The summed E-state index contributed by atoms with van der Waals surface area (Å²) in [5, 5.41) is 15.8. The van der Waals surface area contributed by atoms with Crippen LogP contribution >= 0.6 is 0 Å². The number of hydrogen-bond donors (Lipinski definition) is 3. The van der Waals surface area contributed by atoms with Gasteiger partial charge in [0, 0.05) is 38.0 Å². The van der Waals surface area contributed by atoms with Crippen molar-refractivity contribution in [1.29, 1.82) is 0 Å². The summed E-state index contributed by atoms with van der Waals surface area (Å²) in [6, 6.07) is 25.8. The van der Waals surface area contributed by atoms with E-state index in [1.807, 2.05) is 54.6 Å². The molecule has 0 aromatic heterocycles. The predicted molar refractivity (Wildman–Crippen MR) is 154 cm³/mol. The fourth-order valence-corrected chi connectivity index (χ4v) is 6.34. The van der Waals surface area contributed by atoms with Crippen LogP contribution in [0.4, 0.5) is 4.79 Å². The van der Waals surface area contributed by atoms with Crippen LogP contribution in [0.2, 0.25) is 0 Å². The maximum absolute atomic E-state index is 13.2. The quantitative estimate of drug-likeness (QED) is 0.340. The van der Waals surface area contributed by atoms with Crippen molar-refractivity contribution in [3.63, 3.8) is 0 Å². The monoisotopic (exact) mass is 553 g/mol. The average Bonchev–Trinajstić information content (AvgIpc) is 3.67.